The highest BCUT2D eigenvalue weighted by Crippen LogP contribution is 2.03. The number of aliphatic imine (C=N–C) groups is 1. The Bertz CT molecular complexity index is 445. The van der Waals surface area contributed by atoms with Crippen LogP contribution in [0.1, 0.15) is 45.5 Å². The van der Waals surface area contributed by atoms with Crippen molar-refractivity contribution in [1.82, 2.24) is 20.4 Å². The number of rotatable bonds is 5. The molecule has 0 bridgehead atoms. The summed E-state index contributed by atoms with van der Waals surface area (Å²) >= 11 is 0. The van der Waals surface area contributed by atoms with E-state index in [2.05, 4.69) is 66.1 Å². The first kappa shape index (κ1) is 20.2. The first-order valence-corrected chi connectivity index (χ1v) is 7.39. The summed E-state index contributed by atoms with van der Waals surface area (Å²) in [7, 11) is 0. The summed E-state index contributed by atoms with van der Waals surface area (Å²) in [6.45, 7) is 15.2. The lowest BCUT2D eigenvalue weighted by Crippen LogP contribution is -2.47. The molecule has 1 aromatic rings. The van der Waals surface area contributed by atoms with E-state index in [1.165, 1.54) is 5.69 Å². The standard InChI is InChI=1S/C15H29N5.HI/c1-7-16-14(18-15(4,5)6)17-9-8-10-20-13(3)11-12(2)19-20;/h11H,7-10H2,1-6H3,(H2,16,17,18);1H. The SMILES string of the molecule is CCNC(=NCCCn1nc(C)cc1C)NC(C)(C)C.I. The van der Waals surface area contributed by atoms with Crippen LogP contribution in [0.5, 0.6) is 0 Å². The lowest BCUT2D eigenvalue weighted by molar-refractivity contribution is 0.500. The van der Waals surface area contributed by atoms with Crippen molar-refractivity contribution in [3.8, 4) is 0 Å². The van der Waals surface area contributed by atoms with E-state index in [1.807, 2.05) is 6.92 Å². The fourth-order valence-corrected chi connectivity index (χ4v) is 1.97. The van der Waals surface area contributed by atoms with Crippen molar-refractivity contribution >= 4 is 29.9 Å². The molecule has 0 aliphatic carbocycles. The van der Waals surface area contributed by atoms with Gasteiger partial charge in [-0.1, -0.05) is 0 Å². The number of hydrogen-bond donors (Lipinski definition) is 2. The topological polar surface area (TPSA) is 54.2 Å². The molecule has 21 heavy (non-hydrogen) atoms. The molecule has 0 atom stereocenters. The molecule has 0 aliphatic heterocycles. The number of nitrogens with zero attached hydrogens (tertiary/aromatic N) is 3. The third-order valence-electron chi connectivity index (χ3n) is 2.74. The van der Waals surface area contributed by atoms with Crippen LogP contribution in [0.2, 0.25) is 0 Å². The van der Waals surface area contributed by atoms with E-state index < -0.39 is 0 Å². The predicted octanol–water partition coefficient (Wildman–Crippen LogP) is 2.86. The van der Waals surface area contributed by atoms with Gasteiger partial charge in [-0.05, 0) is 54.0 Å². The molecule has 1 aromatic heterocycles. The summed E-state index contributed by atoms with van der Waals surface area (Å²) in [6, 6.07) is 2.11. The van der Waals surface area contributed by atoms with Gasteiger partial charge in [0.15, 0.2) is 5.96 Å². The van der Waals surface area contributed by atoms with E-state index in [1.54, 1.807) is 0 Å². The second kappa shape index (κ2) is 9.27. The van der Waals surface area contributed by atoms with Crippen molar-refractivity contribution in [3.63, 3.8) is 0 Å². The second-order valence-corrected chi connectivity index (χ2v) is 6.14. The average molecular weight is 407 g/mol. The van der Waals surface area contributed by atoms with Crippen LogP contribution in [0.25, 0.3) is 0 Å². The number of hydrogen-bond acceptors (Lipinski definition) is 2. The van der Waals surface area contributed by atoms with Gasteiger partial charge in [0, 0.05) is 30.9 Å². The van der Waals surface area contributed by atoms with Crippen LogP contribution < -0.4 is 10.6 Å². The van der Waals surface area contributed by atoms with Crippen LogP contribution in [0.4, 0.5) is 0 Å². The molecule has 2 N–H and O–H groups in total. The maximum atomic E-state index is 4.60. The summed E-state index contributed by atoms with van der Waals surface area (Å²) in [5, 5.41) is 11.1. The molecule has 0 radical (unpaired) electrons. The average Bonchev–Trinajstić information content (AvgIpc) is 2.61. The Morgan fingerprint density at radius 3 is 2.48 bits per heavy atom. The van der Waals surface area contributed by atoms with E-state index in [-0.39, 0.29) is 29.5 Å². The summed E-state index contributed by atoms with van der Waals surface area (Å²) < 4.78 is 2.05. The maximum Gasteiger partial charge on any atom is 0.191 e. The molecule has 0 spiro atoms. The number of halogens is 1. The number of nitrogens with one attached hydrogen (secondary N) is 2. The van der Waals surface area contributed by atoms with Crippen LogP contribution in [0, 0.1) is 13.8 Å². The molecular weight excluding hydrogens is 377 g/mol. The monoisotopic (exact) mass is 407 g/mol. The highest BCUT2D eigenvalue weighted by molar-refractivity contribution is 14.0. The van der Waals surface area contributed by atoms with Crippen molar-refractivity contribution in [2.45, 2.75) is 60.0 Å². The molecule has 6 heteroatoms. The van der Waals surface area contributed by atoms with E-state index in [0.29, 0.717) is 0 Å². The minimum Gasteiger partial charge on any atom is -0.357 e. The highest BCUT2D eigenvalue weighted by Gasteiger charge is 2.11. The van der Waals surface area contributed by atoms with E-state index in [0.717, 1.165) is 37.7 Å². The first-order valence-electron chi connectivity index (χ1n) is 7.39. The van der Waals surface area contributed by atoms with Gasteiger partial charge in [0.05, 0.1) is 5.69 Å². The third kappa shape index (κ3) is 8.28. The van der Waals surface area contributed by atoms with Crippen LogP contribution in [-0.4, -0.2) is 34.4 Å². The summed E-state index contributed by atoms with van der Waals surface area (Å²) in [6.07, 6.45) is 0.989. The number of guanidine groups is 1. The van der Waals surface area contributed by atoms with Crippen LogP contribution in [0.15, 0.2) is 11.1 Å². The van der Waals surface area contributed by atoms with Crippen molar-refractivity contribution in [2.24, 2.45) is 4.99 Å². The normalized spacial score (nSPS) is 12.0. The van der Waals surface area contributed by atoms with Gasteiger partial charge < -0.3 is 10.6 Å². The zero-order valence-electron chi connectivity index (χ0n) is 14.2. The fourth-order valence-electron chi connectivity index (χ4n) is 1.97. The number of aryl methyl sites for hydroxylation is 3. The molecular formula is C15H30IN5. The first-order chi connectivity index (χ1) is 9.31. The Balaban J connectivity index is 0.00000400. The van der Waals surface area contributed by atoms with E-state index in [9.17, 15) is 0 Å². The van der Waals surface area contributed by atoms with Crippen LogP contribution in [0.3, 0.4) is 0 Å². The van der Waals surface area contributed by atoms with E-state index >= 15 is 0 Å². The van der Waals surface area contributed by atoms with Gasteiger partial charge in [-0.3, -0.25) is 9.67 Å². The zero-order chi connectivity index (χ0) is 15.2. The molecule has 1 heterocycles. The largest absolute Gasteiger partial charge is 0.357 e. The molecule has 122 valence electrons. The van der Waals surface area contributed by atoms with Gasteiger partial charge in [0.25, 0.3) is 0 Å². The minimum absolute atomic E-state index is 0. The molecule has 0 unspecified atom stereocenters. The maximum absolute atomic E-state index is 4.60. The molecule has 0 aromatic carbocycles. The van der Waals surface area contributed by atoms with Gasteiger partial charge in [-0.2, -0.15) is 5.10 Å². The fraction of sp³-hybridized carbons (Fsp3) is 0.733. The molecule has 0 amide bonds. The Morgan fingerprint density at radius 2 is 2.00 bits per heavy atom. The summed E-state index contributed by atoms with van der Waals surface area (Å²) in [5.41, 5.74) is 2.32. The van der Waals surface area contributed by atoms with Crippen LogP contribution >= 0.6 is 24.0 Å². The summed E-state index contributed by atoms with van der Waals surface area (Å²) in [5.74, 6) is 0.883. The Hall–Kier alpha value is -0.790. The molecule has 0 saturated carbocycles. The minimum atomic E-state index is 0. The molecule has 0 saturated heterocycles. The highest BCUT2D eigenvalue weighted by atomic mass is 127. The zero-order valence-corrected chi connectivity index (χ0v) is 16.5. The van der Waals surface area contributed by atoms with Gasteiger partial charge in [0.2, 0.25) is 0 Å². The lowest BCUT2D eigenvalue weighted by atomic mass is 10.1. The smallest absolute Gasteiger partial charge is 0.191 e. The molecule has 0 fully saturated rings. The van der Waals surface area contributed by atoms with Gasteiger partial charge in [-0.25, -0.2) is 0 Å². The van der Waals surface area contributed by atoms with Crippen molar-refractivity contribution in [1.29, 1.82) is 0 Å². The van der Waals surface area contributed by atoms with Gasteiger partial charge >= 0.3 is 0 Å². The van der Waals surface area contributed by atoms with Crippen molar-refractivity contribution in [2.75, 3.05) is 13.1 Å². The Morgan fingerprint density at radius 1 is 1.33 bits per heavy atom. The lowest BCUT2D eigenvalue weighted by Gasteiger charge is -2.23. The van der Waals surface area contributed by atoms with E-state index in [4.69, 9.17) is 0 Å². The Labute approximate surface area is 146 Å². The molecule has 0 aliphatic rings. The van der Waals surface area contributed by atoms with Gasteiger partial charge in [-0.15, -0.1) is 24.0 Å². The summed E-state index contributed by atoms with van der Waals surface area (Å²) in [4.78, 5) is 4.60. The molecule has 1 rings (SSSR count). The molecule has 5 nitrogen and oxygen atoms in total. The third-order valence-corrected chi connectivity index (χ3v) is 2.74. The Kier molecular flexibility index (Phi) is 8.92. The number of aromatic nitrogens is 2. The van der Waals surface area contributed by atoms with Crippen molar-refractivity contribution < 1.29 is 0 Å². The predicted molar refractivity (Wildman–Crippen MR) is 101 cm³/mol. The van der Waals surface area contributed by atoms with Crippen molar-refractivity contribution in [3.05, 3.63) is 17.5 Å². The van der Waals surface area contributed by atoms with Crippen LogP contribution in [-0.2, 0) is 6.54 Å². The van der Waals surface area contributed by atoms with Gasteiger partial charge in [0.1, 0.15) is 0 Å². The second-order valence-electron chi connectivity index (χ2n) is 6.14. The quantitative estimate of drug-likeness (QED) is 0.342.